The van der Waals surface area contributed by atoms with Gasteiger partial charge in [0.05, 0.1) is 5.92 Å². The van der Waals surface area contributed by atoms with E-state index in [9.17, 15) is 14.0 Å². The Morgan fingerprint density at radius 3 is 2.83 bits per heavy atom. The first-order chi connectivity index (χ1) is 11.6. The molecule has 6 heteroatoms. The summed E-state index contributed by atoms with van der Waals surface area (Å²) in [6.45, 7) is 2.67. The lowest BCUT2D eigenvalue weighted by Gasteiger charge is -2.36. The highest BCUT2D eigenvalue weighted by Crippen LogP contribution is 2.22. The maximum atomic E-state index is 13.3. The summed E-state index contributed by atoms with van der Waals surface area (Å²) in [7, 11) is 0. The molecule has 0 aliphatic carbocycles. The highest BCUT2D eigenvalue weighted by molar-refractivity contribution is 7.99. The maximum Gasteiger partial charge on any atom is 0.227 e. The van der Waals surface area contributed by atoms with E-state index in [1.165, 1.54) is 12.1 Å². The normalized spacial score (nSPS) is 21.9. The summed E-state index contributed by atoms with van der Waals surface area (Å²) in [6, 6.07) is 6.47. The van der Waals surface area contributed by atoms with E-state index in [0.29, 0.717) is 32.4 Å². The number of likely N-dealkylation sites (tertiary alicyclic amines) is 1. The first kappa shape index (κ1) is 17.3. The van der Waals surface area contributed by atoms with Crippen LogP contribution in [0.3, 0.4) is 0 Å². The molecule has 1 aromatic rings. The van der Waals surface area contributed by atoms with Crippen LogP contribution in [-0.4, -0.2) is 59.3 Å². The number of carbonyl (C=O) groups is 2. The van der Waals surface area contributed by atoms with Gasteiger partial charge in [0.15, 0.2) is 0 Å². The molecule has 1 atom stereocenters. The van der Waals surface area contributed by atoms with Crippen molar-refractivity contribution < 1.29 is 14.0 Å². The molecule has 4 nitrogen and oxygen atoms in total. The average Bonchev–Trinajstić information content (AvgIpc) is 2.61. The monoisotopic (exact) mass is 350 g/mol. The van der Waals surface area contributed by atoms with Crippen molar-refractivity contribution in [1.82, 2.24) is 9.80 Å². The molecule has 0 aromatic heterocycles. The molecule has 2 heterocycles. The molecule has 1 aromatic carbocycles. The van der Waals surface area contributed by atoms with Gasteiger partial charge < -0.3 is 9.80 Å². The van der Waals surface area contributed by atoms with Crippen LogP contribution in [0, 0.1) is 11.7 Å². The third-order valence-corrected chi connectivity index (χ3v) is 5.67. The van der Waals surface area contributed by atoms with Crippen molar-refractivity contribution in [3.05, 3.63) is 35.6 Å². The Bertz CT molecular complexity index is 604. The summed E-state index contributed by atoms with van der Waals surface area (Å²) in [5, 5.41) is 0. The fraction of sp³-hybridized carbons (Fsp3) is 0.556. The fourth-order valence-corrected chi connectivity index (χ4v) is 4.23. The van der Waals surface area contributed by atoms with Crippen LogP contribution in [0.25, 0.3) is 0 Å². The molecule has 24 heavy (non-hydrogen) atoms. The summed E-state index contributed by atoms with van der Waals surface area (Å²) in [5.41, 5.74) is 0.879. The second kappa shape index (κ2) is 8.01. The lowest BCUT2D eigenvalue weighted by atomic mass is 9.95. The Kier molecular flexibility index (Phi) is 5.76. The van der Waals surface area contributed by atoms with Gasteiger partial charge in [0, 0.05) is 44.1 Å². The van der Waals surface area contributed by atoms with Crippen molar-refractivity contribution in [1.29, 1.82) is 0 Å². The summed E-state index contributed by atoms with van der Waals surface area (Å²) in [5.74, 6) is 1.96. The molecule has 2 aliphatic heterocycles. The van der Waals surface area contributed by atoms with Crippen LogP contribution in [0.2, 0.25) is 0 Å². The summed E-state index contributed by atoms with van der Waals surface area (Å²) in [4.78, 5) is 28.5. The third-order valence-electron chi connectivity index (χ3n) is 4.73. The van der Waals surface area contributed by atoms with Crippen LogP contribution >= 0.6 is 11.8 Å². The maximum absolute atomic E-state index is 13.3. The molecule has 2 amide bonds. The van der Waals surface area contributed by atoms with Crippen molar-refractivity contribution in [2.24, 2.45) is 5.92 Å². The first-order valence-electron chi connectivity index (χ1n) is 8.52. The van der Waals surface area contributed by atoms with Gasteiger partial charge >= 0.3 is 0 Å². The topological polar surface area (TPSA) is 40.6 Å². The van der Waals surface area contributed by atoms with Gasteiger partial charge in [-0.1, -0.05) is 12.1 Å². The largest absolute Gasteiger partial charge is 0.342 e. The van der Waals surface area contributed by atoms with Crippen LogP contribution in [0.15, 0.2) is 24.3 Å². The number of nitrogens with zero attached hydrogens (tertiary/aromatic N) is 2. The second-order valence-electron chi connectivity index (χ2n) is 6.39. The number of piperidine rings is 1. The number of carbonyl (C=O) groups excluding carboxylic acids is 2. The number of thioether (sulfide) groups is 1. The van der Waals surface area contributed by atoms with E-state index < -0.39 is 0 Å². The first-order valence-corrected chi connectivity index (χ1v) is 9.68. The molecule has 2 fully saturated rings. The van der Waals surface area contributed by atoms with Crippen molar-refractivity contribution in [3.63, 3.8) is 0 Å². The standard InChI is InChI=1S/C18H23FN2O2S/c19-16-3-1-2-14(12-16)6-7-21-13-15(4-5-17(21)22)18(23)20-8-10-24-11-9-20/h1-3,12,15H,4-11,13H2/t15-/m0/s1. The predicted molar refractivity (Wildman–Crippen MR) is 93.3 cm³/mol. The van der Waals surface area contributed by atoms with Gasteiger partial charge in [0.2, 0.25) is 11.8 Å². The lowest BCUT2D eigenvalue weighted by molar-refractivity contribution is -0.142. The van der Waals surface area contributed by atoms with Gasteiger partial charge in [0.25, 0.3) is 0 Å². The quantitative estimate of drug-likeness (QED) is 0.836. The highest BCUT2D eigenvalue weighted by Gasteiger charge is 2.32. The molecule has 0 unspecified atom stereocenters. The molecule has 0 N–H and O–H groups in total. The lowest BCUT2D eigenvalue weighted by Crippen LogP contribution is -2.49. The molecule has 0 spiro atoms. The third kappa shape index (κ3) is 4.29. The Hall–Kier alpha value is -1.56. The summed E-state index contributed by atoms with van der Waals surface area (Å²) < 4.78 is 13.3. The minimum Gasteiger partial charge on any atom is -0.342 e. The van der Waals surface area contributed by atoms with Gasteiger partial charge in [0.1, 0.15) is 5.82 Å². The average molecular weight is 350 g/mol. The number of hydrogen-bond acceptors (Lipinski definition) is 3. The molecule has 130 valence electrons. The molecule has 0 saturated carbocycles. The van der Waals surface area contributed by atoms with Crippen molar-refractivity contribution in [3.8, 4) is 0 Å². The van der Waals surface area contributed by atoms with Gasteiger partial charge in [-0.2, -0.15) is 11.8 Å². The molecule has 0 radical (unpaired) electrons. The van der Waals surface area contributed by atoms with Crippen LogP contribution in [-0.2, 0) is 16.0 Å². The smallest absolute Gasteiger partial charge is 0.227 e. The Balaban J connectivity index is 1.56. The van der Waals surface area contributed by atoms with E-state index in [0.717, 1.165) is 30.2 Å². The predicted octanol–water partition coefficient (Wildman–Crippen LogP) is 2.18. The molecule has 2 aliphatic rings. The van der Waals surface area contributed by atoms with Crippen molar-refractivity contribution in [2.45, 2.75) is 19.3 Å². The summed E-state index contributed by atoms with van der Waals surface area (Å²) in [6.07, 6.45) is 1.70. The number of halogens is 1. The van der Waals surface area contributed by atoms with E-state index in [1.807, 2.05) is 22.7 Å². The highest BCUT2D eigenvalue weighted by atomic mass is 32.2. The number of benzene rings is 1. The Morgan fingerprint density at radius 1 is 1.29 bits per heavy atom. The van der Waals surface area contributed by atoms with E-state index in [2.05, 4.69) is 0 Å². The van der Waals surface area contributed by atoms with Crippen LogP contribution in [0.5, 0.6) is 0 Å². The zero-order chi connectivity index (χ0) is 16.9. The number of rotatable bonds is 4. The molecular formula is C18H23FN2O2S. The van der Waals surface area contributed by atoms with Crippen LogP contribution < -0.4 is 0 Å². The zero-order valence-electron chi connectivity index (χ0n) is 13.7. The Labute approximate surface area is 146 Å². The number of hydrogen-bond donors (Lipinski definition) is 0. The number of amides is 2. The fourth-order valence-electron chi connectivity index (χ4n) is 3.33. The minimum atomic E-state index is -0.256. The SMILES string of the molecule is O=C1CC[C@H](C(=O)N2CCSCC2)CN1CCc1cccc(F)c1. The Morgan fingerprint density at radius 2 is 2.08 bits per heavy atom. The second-order valence-corrected chi connectivity index (χ2v) is 7.62. The molecular weight excluding hydrogens is 327 g/mol. The molecule has 3 rings (SSSR count). The van der Waals surface area contributed by atoms with Crippen molar-refractivity contribution in [2.75, 3.05) is 37.7 Å². The van der Waals surface area contributed by atoms with E-state index in [-0.39, 0.29) is 23.5 Å². The molecule has 0 bridgehead atoms. The molecule has 2 saturated heterocycles. The van der Waals surface area contributed by atoms with E-state index >= 15 is 0 Å². The summed E-state index contributed by atoms with van der Waals surface area (Å²) >= 11 is 1.88. The van der Waals surface area contributed by atoms with Crippen LogP contribution in [0.1, 0.15) is 18.4 Å². The van der Waals surface area contributed by atoms with Gasteiger partial charge in [-0.25, -0.2) is 4.39 Å². The minimum absolute atomic E-state index is 0.0849. The van der Waals surface area contributed by atoms with E-state index in [4.69, 9.17) is 0 Å². The van der Waals surface area contributed by atoms with Crippen molar-refractivity contribution >= 4 is 23.6 Å². The van der Waals surface area contributed by atoms with Gasteiger partial charge in [-0.15, -0.1) is 0 Å². The van der Waals surface area contributed by atoms with Crippen LogP contribution in [0.4, 0.5) is 4.39 Å². The zero-order valence-corrected chi connectivity index (χ0v) is 14.6. The van der Waals surface area contributed by atoms with Gasteiger partial charge in [-0.3, -0.25) is 9.59 Å². The van der Waals surface area contributed by atoms with Gasteiger partial charge in [-0.05, 0) is 30.5 Å². The van der Waals surface area contributed by atoms with E-state index in [1.54, 1.807) is 11.0 Å².